The van der Waals surface area contributed by atoms with Gasteiger partial charge in [0, 0.05) is 25.0 Å². The average molecular weight is 407 g/mol. The molecule has 6 atom stereocenters. The molecule has 4 aliphatic rings. The van der Waals surface area contributed by atoms with Gasteiger partial charge < -0.3 is 5.32 Å². The van der Waals surface area contributed by atoms with E-state index in [9.17, 15) is 4.79 Å². The largest absolute Gasteiger partial charge is 0.353 e. The zero-order valence-electron chi connectivity index (χ0n) is 19.4. The molecular weight excluding hydrogens is 368 g/mol. The molecule has 3 aliphatic carbocycles. The van der Waals surface area contributed by atoms with Crippen LogP contribution in [0.1, 0.15) is 72.3 Å². The highest BCUT2D eigenvalue weighted by Gasteiger charge is 2.58. The number of carbonyl (C=O) groups excluding carboxylic acids is 1. The molecule has 0 radical (unpaired) electrons. The number of nitrogens with zero attached hydrogens (tertiary/aromatic N) is 1. The van der Waals surface area contributed by atoms with Gasteiger partial charge in [0.25, 0.3) is 0 Å². The fraction of sp³-hybridized carbons (Fsp3) is 0.630. The van der Waals surface area contributed by atoms with E-state index in [1.54, 1.807) is 0 Å². The van der Waals surface area contributed by atoms with Gasteiger partial charge in [0.15, 0.2) is 0 Å². The van der Waals surface area contributed by atoms with Crippen LogP contribution in [0.3, 0.4) is 0 Å². The Labute approximate surface area is 182 Å². The molecule has 0 spiro atoms. The molecule has 1 N–H and O–H groups in total. The Kier molecular flexibility index (Phi) is 5.67. The van der Waals surface area contributed by atoms with E-state index in [-0.39, 0.29) is 16.7 Å². The first-order valence-electron chi connectivity index (χ1n) is 12.0. The van der Waals surface area contributed by atoms with Crippen LogP contribution in [0.25, 0.3) is 5.57 Å². The maximum Gasteiger partial charge on any atom is 0.243 e. The van der Waals surface area contributed by atoms with Gasteiger partial charge >= 0.3 is 0 Å². The van der Waals surface area contributed by atoms with Crippen LogP contribution in [0, 0.1) is 34.5 Å². The molecule has 1 aliphatic heterocycles. The number of amides is 1. The molecule has 1 aromatic rings. The summed E-state index contributed by atoms with van der Waals surface area (Å²) in [5.41, 5.74) is 4.69. The number of rotatable bonds is 1. The van der Waals surface area contributed by atoms with Crippen LogP contribution in [-0.2, 0) is 4.79 Å². The normalized spacial score (nSPS) is 39.7. The lowest BCUT2D eigenvalue weighted by molar-refractivity contribution is -0.116. The number of carbonyl (C=O) groups is 1. The highest BCUT2D eigenvalue weighted by Crippen LogP contribution is 2.66. The maximum atomic E-state index is 12.2. The molecule has 3 heteroatoms. The van der Waals surface area contributed by atoms with E-state index in [0.29, 0.717) is 17.8 Å². The van der Waals surface area contributed by atoms with Crippen molar-refractivity contribution < 1.29 is 4.79 Å². The highest BCUT2D eigenvalue weighted by molar-refractivity contribution is 5.89. The van der Waals surface area contributed by atoms with E-state index < -0.39 is 0 Å². The van der Waals surface area contributed by atoms with Crippen molar-refractivity contribution in [2.24, 2.45) is 34.5 Å². The molecule has 0 bridgehead atoms. The topological polar surface area (TPSA) is 42.0 Å². The molecule has 5 rings (SSSR count). The number of pyridine rings is 1. The molecule has 1 amide bonds. The van der Waals surface area contributed by atoms with Gasteiger partial charge in [-0.3, -0.25) is 9.78 Å². The predicted octanol–water partition coefficient (Wildman–Crippen LogP) is 6.04. The van der Waals surface area contributed by atoms with Gasteiger partial charge in [-0.15, -0.1) is 0 Å². The van der Waals surface area contributed by atoms with Crippen LogP contribution in [0.5, 0.6) is 0 Å². The van der Waals surface area contributed by atoms with Gasteiger partial charge in [-0.25, -0.2) is 0 Å². The van der Waals surface area contributed by atoms with Gasteiger partial charge in [0.05, 0.1) is 0 Å². The third-order valence-corrected chi connectivity index (χ3v) is 8.86. The van der Waals surface area contributed by atoms with Crippen LogP contribution in [0.15, 0.2) is 42.3 Å². The Hall–Kier alpha value is -1.90. The van der Waals surface area contributed by atoms with Gasteiger partial charge in [-0.2, -0.15) is 0 Å². The first-order valence-corrected chi connectivity index (χ1v) is 12.0. The summed E-state index contributed by atoms with van der Waals surface area (Å²) in [6, 6.07) is 4.29. The summed E-state index contributed by atoms with van der Waals surface area (Å²) in [4.78, 5) is 16.6. The second-order valence-corrected chi connectivity index (χ2v) is 10.1. The molecule has 2 fully saturated rings. The minimum absolute atomic E-state index is 0.117. The van der Waals surface area contributed by atoms with Crippen molar-refractivity contribution in [2.45, 2.75) is 66.7 Å². The molecule has 3 nitrogen and oxygen atoms in total. The minimum Gasteiger partial charge on any atom is -0.353 e. The SMILES string of the molecule is CC.CC1CC2C3CC=C(c4cccnc4)C3(C)CCC2C2(C)CCNC(=O)C=C12. The Morgan fingerprint density at radius 3 is 2.67 bits per heavy atom. The van der Waals surface area contributed by atoms with Crippen molar-refractivity contribution in [1.29, 1.82) is 0 Å². The number of allylic oxidation sites excluding steroid dienone is 3. The van der Waals surface area contributed by atoms with E-state index in [0.717, 1.165) is 18.9 Å². The molecule has 0 aromatic carbocycles. The second-order valence-electron chi connectivity index (χ2n) is 10.1. The molecular formula is C27H38N2O. The lowest BCUT2D eigenvalue weighted by atomic mass is 9.46. The Morgan fingerprint density at radius 2 is 1.93 bits per heavy atom. The Balaban J connectivity index is 0.00000106. The quantitative estimate of drug-likeness (QED) is 0.618. The summed E-state index contributed by atoms with van der Waals surface area (Å²) in [6.07, 6.45) is 14.4. The summed E-state index contributed by atoms with van der Waals surface area (Å²) in [6.45, 7) is 12.1. The van der Waals surface area contributed by atoms with E-state index >= 15 is 0 Å². The molecule has 30 heavy (non-hydrogen) atoms. The summed E-state index contributed by atoms with van der Waals surface area (Å²) < 4.78 is 0. The first kappa shape index (κ1) is 21.3. The van der Waals surface area contributed by atoms with Crippen molar-refractivity contribution in [3.05, 3.63) is 47.8 Å². The smallest absolute Gasteiger partial charge is 0.243 e. The van der Waals surface area contributed by atoms with Crippen LogP contribution < -0.4 is 5.32 Å². The van der Waals surface area contributed by atoms with Crippen molar-refractivity contribution >= 4 is 11.5 Å². The summed E-state index contributed by atoms with van der Waals surface area (Å²) in [5.74, 6) is 2.78. The molecule has 2 heterocycles. The second kappa shape index (κ2) is 7.98. The van der Waals surface area contributed by atoms with Gasteiger partial charge in [0.2, 0.25) is 5.91 Å². The zero-order chi connectivity index (χ0) is 21.5. The van der Waals surface area contributed by atoms with E-state index in [2.05, 4.69) is 49.3 Å². The van der Waals surface area contributed by atoms with Crippen molar-refractivity contribution in [3.8, 4) is 0 Å². The maximum absolute atomic E-state index is 12.2. The number of nitrogens with one attached hydrogen (secondary N) is 1. The van der Waals surface area contributed by atoms with E-state index in [4.69, 9.17) is 0 Å². The summed E-state index contributed by atoms with van der Waals surface area (Å²) in [7, 11) is 0. The van der Waals surface area contributed by atoms with Crippen molar-refractivity contribution in [1.82, 2.24) is 10.3 Å². The molecule has 162 valence electrons. The van der Waals surface area contributed by atoms with E-state index in [1.165, 1.54) is 42.4 Å². The average Bonchev–Trinajstić information content (AvgIpc) is 3.02. The molecule has 2 saturated carbocycles. The standard InChI is InChI=1S/C25H32N2O.C2H6/c1-16-13-18-20-7-6-19(17-5-4-11-26-15-17)24(20,2)9-8-21(18)25(3)10-12-27-23(28)14-22(16)25;1-2/h4-6,11,14-16,18,20-21H,7-10,12-13H2,1-3H3,(H,27,28);1-2H3. The summed E-state index contributed by atoms with van der Waals surface area (Å²) in [5, 5.41) is 3.09. The fourth-order valence-corrected chi connectivity index (χ4v) is 7.53. The summed E-state index contributed by atoms with van der Waals surface area (Å²) >= 11 is 0. The van der Waals surface area contributed by atoms with Gasteiger partial charge in [-0.1, -0.05) is 52.3 Å². The molecule has 0 saturated heterocycles. The number of fused-ring (bicyclic) bond motifs is 5. The highest BCUT2D eigenvalue weighted by atomic mass is 16.1. The number of hydrogen-bond donors (Lipinski definition) is 1. The van der Waals surface area contributed by atoms with Gasteiger partial charge in [-0.05, 0) is 83.8 Å². The fourth-order valence-electron chi connectivity index (χ4n) is 7.53. The monoisotopic (exact) mass is 406 g/mol. The van der Waals surface area contributed by atoms with Gasteiger partial charge in [0.1, 0.15) is 0 Å². The van der Waals surface area contributed by atoms with Crippen LogP contribution >= 0.6 is 0 Å². The van der Waals surface area contributed by atoms with Crippen LogP contribution in [-0.4, -0.2) is 17.4 Å². The molecule has 6 unspecified atom stereocenters. The Morgan fingerprint density at radius 1 is 1.13 bits per heavy atom. The first-order chi connectivity index (χ1) is 14.4. The Bertz CT molecular complexity index is 857. The zero-order valence-corrected chi connectivity index (χ0v) is 19.4. The third-order valence-electron chi connectivity index (χ3n) is 8.86. The minimum atomic E-state index is 0.117. The van der Waals surface area contributed by atoms with Crippen LogP contribution in [0.4, 0.5) is 0 Å². The number of hydrogen-bond acceptors (Lipinski definition) is 2. The third kappa shape index (κ3) is 3.16. The van der Waals surface area contributed by atoms with E-state index in [1.807, 2.05) is 32.3 Å². The predicted molar refractivity (Wildman–Crippen MR) is 124 cm³/mol. The van der Waals surface area contributed by atoms with Crippen molar-refractivity contribution in [3.63, 3.8) is 0 Å². The van der Waals surface area contributed by atoms with Crippen LogP contribution in [0.2, 0.25) is 0 Å². The molecule has 1 aromatic heterocycles. The number of aromatic nitrogens is 1. The lowest BCUT2D eigenvalue weighted by Gasteiger charge is -2.58. The van der Waals surface area contributed by atoms with Crippen molar-refractivity contribution in [2.75, 3.05) is 6.54 Å². The lowest BCUT2D eigenvalue weighted by Crippen LogP contribution is -2.51.